The van der Waals surface area contributed by atoms with E-state index in [1.54, 1.807) is 13.0 Å². The summed E-state index contributed by atoms with van der Waals surface area (Å²) in [5, 5.41) is 2.02. The Bertz CT molecular complexity index is 949. The third-order valence-electron chi connectivity index (χ3n) is 3.75. The zero-order valence-electron chi connectivity index (χ0n) is 13.5. The van der Waals surface area contributed by atoms with Crippen molar-refractivity contribution in [2.24, 2.45) is 0 Å². The largest absolute Gasteiger partial charge is 0.461 e. The molecule has 26 heavy (non-hydrogen) atoms. The molecule has 2 aromatic carbocycles. The first-order chi connectivity index (χ1) is 12.3. The molecule has 0 saturated heterocycles. The maximum absolute atomic E-state index is 12.9. The van der Waals surface area contributed by atoms with Crippen LogP contribution in [0.1, 0.15) is 21.7 Å². The van der Waals surface area contributed by atoms with E-state index in [1.807, 2.05) is 30.3 Å². The van der Waals surface area contributed by atoms with Crippen molar-refractivity contribution in [1.82, 2.24) is 0 Å². The van der Waals surface area contributed by atoms with Gasteiger partial charge in [-0.2, -0.15) is 13.2 Å². The van der Waals surface area contributed by atoms with Crippen LogP contribution in [-0.4, -0.2) is 5.91 Å². The molecular formula is C19H13ClF3NO2. The number of furan rings is 1. The quantitative estimate of drug-likeness (QED) is 0.590. The van der Waals surface area contributed by atoms with E-state index in [-0.39, 0.29) is 11.3 Å². The minimum atomic E-state index is -4.61. The number of carbonyl (C=O) groups is 1. The molecule has 0 fully saturated rings. The Labute approximate surface area is 152 Å². The second kappa shape index (κ2) is 6.88. The van der Waals surface area contributed by atoms with Crippen molar-refractivity contribution in [2.45, 2.75) is 13.1 Å². The normalized spacial score (nSPS) is 11.4. The highest BCUT2D eigenvalue weighted by atomic mass is 35.5. The number of amides is 1. The van der Waals surface area contributed by atoms with Gasteiger partial charge in [-0.25, -0.2) is 0 Å². The van der Waals surface area contributed by atoms with Crippen LogP contribution < -0.4 is 5.32 Å². The molecular weight excluding hydrogens is 367 g/mol. The average molecular weight is 380 g/mol. The predicted molar refractivity (Wildman–Crippen MR) is 93.3 cm³/mol. The van der Waals surface area contributed by atoms with Crippen LogP contribution in [0.5, 0.6) is 0 Å². The Hall–Kier alpha value is -2.73. The minimum Gasteiger partial charge on any atom is -0.461 e. The molecule has 0 bridgehead atoms. The van der Waals surface area contributed by atoms with E-state index < -0.39 is 22.7 Å². The van der Waals surface area contributed by atoms with Crippen LogP contribution >= 0.6 is 11.6 Å². The van der Waals surface area contributed by atoms with Gasteiger partial charge in [0.05, 0.1) is 16.1 Å². The fourth-order valence-electron chi connectivity index (χ4n) is 2.47. The monoisotopic (exact) mass is 379 g/mol. The van der Waals surface area contributed by atoms with Gasteiger partial charge in [0.25, 0.3) is 5.91 Å². The number of alkyl halides is 3. The van der Waals surface area contributed by atoms with Crippen LogP contribution in [0.2, 0.25) is 5.02 Å². The van der Waals surface area contributed by atoms with Crippen LogP contribution in [-0.2, 0) is 6.18 Å². The molecule has 0 atom stereocenters. The van der Waals surface area contributed by atoms with E-state index in [2.05, 4.69) is 5.32 Å². The SMILES string of the molecule is Cc1oc(-c2ccccc2)cc1C(=O)Nc1ccc(Cl)c(C(F)(F)F)c1. The van der Waals surface area contributed by atoms with Crippen molar-refractivity contribution < 1.29 is 22.4 Å². The minimum absolute atomic E-state index is 0.00594. The van der Waals surface area contributed by atoms with E-state index >= 15 is 0 Å². The molecule has 3 rings (SSSR count). The van der Waals surface area contributed by atoms with Crippen molar-refractivity contribution in [2.75, 3.05) is 5.32 Å². The molecule has 1 aromatic heterocycles. The number of aryl methyl sites for hydroxylation is 1. The van der Waals surface area contributed by atoms with Gasteiger partial charge in [-0.15, -0.1) is 0 Å². The maximum Gasteiger partial charge on any atom is 0.417 e. The fraction of sp³-hybridized carbons (Fsp3) is 0.105. The third kappa shape index (κ3) is 3.75. The Kier molecular flexibility index (Phi) is 4.78. The van der Waals surface area contributed by atoms with Crippen LogP contribution in [0.3, 0.4) is 0 Å². The zero-order valence-corrected chi connectivity index (χ0v) is 14.3. The van der Waals surface area contributed by atoms with Gasteiger partial charge in [-0.3, -0.25) is 4.79 Å². The Morgan fingerprint density at radius 3 is 2.42 bits per heavy atom. The highest BCUT2D eigenvalue weighted by Gasteiger charge is 2.33. The van der Waals surface area contributed by atoms with Gasteiger partial charge >= 0.3 is 6.18 Å². The second-order valence-corrected chi connectivity index (χ2v) is 6.00. The molecule has 0 spiro atoms. The summed E-state index contributed by atoms with van der Waals surface area (Å²) in [5.74, 6) is 0.301. The summed E-state index contributed by atoms with van der Waals surface area (Å²) in [6.45, 7) is 1.62. The molecule has 0 radical (unpaired) electrons. The summed E-state index contributed by atoms with van der Waals surface area (Å²) in [6.07, 6.45) is -4.61. The summed E-state index contributed by atoms with van der Waals surface area (Å²) in [5.41, 5.74) is 0.0207. The number of rotatable bonds is 3. The zero-order chi connectivity index (χ0) is 18.9. The molecule has 1 amide bonds. The lowest BCUT2D eigenvalue weighted by Gasteiger charge is -2.11. The van der Waals surface area contributed by atoms with Crippen LogP contribution in [0.15, 0.2) is 59.0 Å². The van der Waals surface area contributed by atoms with Gasteiger partial charge in [0.15, 0.2) is 0 Å². The molecule has 1 heterocycles. The summed E-state index contributed by atoms with van der Waals surface area (Å²) in [6, 6.07) is 13.9. The van der Waals surface area contributed by atoms with E-state index in [0.717, 1.165) is 17.7 Å². The number of anilines is 1. The topological polar surface area (TPSA) is 42.2 Å². The lowest BCUT2D eigenvalue weighted by atomic mass is 10.1. The lowest BCUT2D eigenvalue weighted by Crippen LogP contribution is -2.13. The van der Waals surface area contributed by atoms with Crippen LogP contribution in [0.4, 0.5) is 18.9 Å². The molecule has 0 aliphatic rings. The Morgan fingerprint density at radius 2 is 1.77 bits per heavy atom. The van der Waals surface area contributed by atoms with Crippen LogP contribution in [0.25, 0.3) is 11.3 Å². The number of hydrogen-bond acceptors (Lipinski definition) is 2. The molecule has 0 aliphatic carbocycles. The standard InChI is InChI=1S/C19H13ClF3NO2/c1-11-14(10-17(26-11)12-5-3-2-4-6-12)18(25)24-13-7-8-16(20)15(9-13)19(21,22)23/h2-10H,1H3,(H,24,25). The number of benzene rings is 2. The summed E-state index contributed by atoms with van der Waals surface area (Å²) < 4.78 is 44.4. The number of halogens is 4. The van der Waals surface area contributed by atoms with Crippen molar-refractivity contribution in [3.8, 4) is 11.3 Å². The first kappa shape index (κ1) is 18.1. The van der Waals surface area contributed by atoms with E-state index in [4.69, 9.17) is 16.0 Å². The van der Waals surface area contributed by atoms with Crippen molar-refractivity contribution >= 4 is 23.2 Å². The van der Waals surface area contributed by atoms with Gasteiger partial charge in [-0.05, 0) is 31.2 Å². The first-order valence-corrected chi connectivity index (χ1v) is 7.97. The van der Waals surface area contributed by atoms with Crippen molar-refractivity contribution in [3.05, 3.63) is 76.5 Å². The average Bonchev–Trinajstić information content (AvgIpc) is 2.98. The van der Waals surface area contributed by atoms with Gasteiger partial charge in [0.1, 0.15) is 11.5 Å². The molecule has 0 aliphatic heterocycles. The van der Waals surface area contributed by atoms with Gasteiger partial charge in [0.2, 0.25) is 0 Å². The molecule has 7 heteroatoms. The first-order valence-electron chi connectivity index (χ1n) is 7.59. The highest BCUT2D eigenvalue weighted by Crippen LogP contribution is 2.36. The van der Waals surface area contributed by atoms with E-state index in [1.165, 1.54) is 6.07 Å². The van der Waals surface area contributed by atoms with Gasteiger partial charge < -0.3 is 9.73 Å². The fourth-order valence-corrected chi connectivity index (χ4v) is 2.70. The van der Waals surface area contributed by atoms with Gasteiger partial charge in [-0.1, -0.05) is 41.9 Å². The molecule has 1 N–H and O–H groups in total. The van der Waals surface area contributed by atoms with E-state index in [9.17, 15) is 18.0 Å². The Balaban J connectivity index is 1.86. The molecule has 3 nitrogen and oxygen atoms in total. The van der Waals surface area contributed by atoms with Crippen LogP contribution in [0, 0.1) is 6.92 Å². The molecule has 0 unspecified atom stereocenters. The molecule has 0 saturated carbocycles. The molecule has 134 valence electrons. The third-order valence-corrected chi connectivity index (χ3v) is 4.08. The lowest BCUT2D eigenvalue weighted by molar-refractivity contribution is -0.137. The van der Waals surface area contributed by atoms with E-state index in [0.29, 0.717) is 11.5 Å². The smallest absolute Gasteiger partial charge is 0.417 e. The van der Waals surface area contributed by atoms with Crippen molar-refractivity contribution in [1.29, 1.82) is 0 Å². The molecule has 3 aromatic rings. The van der Waals surface area contributed by atoms with Crippen molar-refractivity contribution in [3.63, 3.8) is 0 Å². The Morgan fingerprint density at radius 1 is 1.08 bits per heavy atom. The van der Waals surface area contributed by atoms with Gasteiger partial charge in [0, 0.05) is 11.3 Å². The maximum atomic E-state index is 12.9. The number of carbonyl (C=O) groups excluding carboxylic acids is 1. The number of hydrogen-bond donors (Lipinski definition) is 1. The summed E-state index contributed by atoms with van der Waals surface area (Å²) >= 11 is 5.58. The predicted octanol–water partition coefficient (Wildman–Crippen LogP) is 6.18. The summed E-state index contributed by atoms with van der Waals surface area (Å²) in [7, 11) is 0. The highest BCUT2D eigenvalue weighted by molar-refractivity contribution is 6.31. The summed E-state index contributed by atoms with van der Waals surface area (Å²) in [4.78, 5) is 12.4. The number of nitrogens with one attached hydrogen (secondary N) is 1. The second-order valence-electron chi connectivity index (χ2n) is 5.59.